The number of aliphatic hydroxyl groups excluding tert-OH is 1. The topological polar surface area (TPSA) is 23.5 Å². The van der Waals surface area contributed by atoms with Crippen LogP contribution < -0.4 is 0 Å². The zero-order valence-corrected chi connectivity index (χ0v) is 10.6. The molecule has 0 amide bonds. The first kappa shape index (κ1) is 14.3. The van der Waals surface area contributed by atoms with Gasteiger partial charge in [0.15, 0.2) is 6.10 Å². The molecule has 0 radical (unpaired) electrons. The first-order valence-corrected chi connectivity index (χ1v) is 6.51. The molecular weight excluding hydrogens is 255 g/mol. The third kappa shape index (κ3) is 3.70. The Bertz CT molecular complexity index is 393. The summed E-state index contributed by atoms with van der Waals surface area (Å²) in [6, 6.07) is 8.58. The highest BCUT2D eigenvalue weighted by atomic mass is 19.4. The molecule has 1 aromatic carbocycles. The van der Waals surface area contributed by atoms with Crippen LogP contribution in [-0.2, 0) is 6.54 Å². The van der Waals surface area contributed by atoms with E-state index < -0.39 is 18.3 Å². The summed E-state index contributed by atoms with van der Waals surface area (Å²) < 4.78 is 38.0. The van der Waals surface area contributed by atoms with Crippen molar-refractivity contribution in [2.45, 2.75) is 44.1 Å². The number of rotatable bonds is 3. The average Bonchev–Trinajstić information content (AvgIpc) is 2.39. The lowest BCUT2D eigenvalue weighted by atomic mass is 9.96. The van der Waals surface area contributed by atoms with Gasteiger partial charge in [-0.05, 0) is 24.9 Å². The van der Waals surface area contributed by atoms with E-state index in [1.807, 2.05) is 30.3 Å². The van der Waals surface area contributed by atoms with Gasteiger partial charge in [-0.15, -0.1) is 0 Å². The molecule has 2 rings (SSSR count). The minimum Gasteiger partial charge on any atom is -0.382 e. The summed E-state index contributed by atoms with van der Waals surface area (Å²) in [6.45, 7) is 1.06. The maximum Gasteiger partial charge on any atom is 0.415 e. The highest BCUT2D eigenvalue weighted by molar-refractivity contribution is 5.14. The molecular formula is C14H18F3NO. The molecule has 0 bridgehead atoms. The molecule has 0 saturated carbocycles. The van der Waals surface area contributed by atoms with E-state index in [1.54, 1.807) is 4.90 Å². The summed E-state index contributed by atoms with van der Waals surface area (Å²) in [7, 11) is 0. The fourth-order valence-corrected chi connectivity index (χ4v) is 2.61. The van der Waals surface area contributed by atoms with Crippen molar-refractivity contribution < 1.29 is 18.3 Å². The molecule has 1 aliphatic heterocycles. The maximum atomic E-state index is 12.7. The first-order valence-electron chi connectivity index (χ1n) is 6.51. The molecule has 0 aromatic heterocycles. The van der Waals surface area contributed by atoms with Crippen molar-refractivity contribution in [3.63, 3.8) is 0 Å². The van der Waals surface area contributed by atoms with Crippen molar-refractivity contribution in [2.75, 3.05) is 6.54 Å². The summed E-state index contributed by atoms with van der Waals surface area (Å²) in [5.74, 6) is 0. The van der Waals surface area contributed by atoms with E-state index in [2.05, 4.69) is 0 Å². The fraction of sp³-hybridized carbons (Fsp3) is 0.571. The monoisotopic (exact) mass is 273 g/mol. The van der Waals surface area contributed by atoms with E-state index in [1.165, 1.54) is 0 Å². The maximum absolute atomic E-state index is 12.7. The molecule has 5 heteroatoms. The molecule has 0 spiro atoms. The van der Waals surface area contributed by atoms with Gasteiger partial charge in [-0.2, -0.15) is 13.2 Å². The van der Waals surface area contributed by atoms with E-state index >= 15 is 0 Å². The Labute approximate surface area is 110 Å². The number of likely N-dealkylation sites (tertiary alicyclic amines) is 1. The first-order chi connectivity index (χ1) is 8.98. The Morgan fingerprint density at radius 2 is 1.89 bits per heavy atom. The summed E-state index contributed by atoms with van der Waals surface area (Å²) in [5.41, 5.74) is 0.976. The van der Waals surface area contributed by atoms with Gasteiger partial charge in [0.2, 0.25) is 0 Å². The summed E-state index contributed by atoms with van der Waals surface area (Å²) in [4.78, 5) is 1.75. The third-order valence-corrected chi connectivity index (χ3v) is 3.59. The minimum absolute atomic E-state index is 0.396. The van der Waals surface area contributed by atoms with Crippen LogP contribution in [0.3, 0.4) is 0 Å². The molecule has 2 nitrogen and oxygen atoms in total. The molecule has 1 aliphatic rings. The fourth-order valence-electron chi connectivity index (χ4n) is 2.61. The lowest BCUT2D eigenvalue weighted by Gasteiger charge is -2.38. The minimum atomic E-state index is -4.54. The second-order valence-electron chi connectivity index (χ2n) is 5.01. The van der Waals surface area contributed by atoms with Gasteiger partial charge in [0.1, 0.15) is 0 Å². The van der Waals surface area contributed by atoms with Crippen LogP contribution in [0.25, 0.3) is 0 Å². The van der Waals surface area contributed by atoms with Crippen molar-refractivity contribution in [1.82, 2.24) is 4.90 Å². The van der Waals surface area contributed by atoms with E-state index in [9.17, 15) is 18.3 Å². The molecule has 19 heavy (non-hydrogen) atoms. The smallest absolute Gasteiger partial charge is 0.382 e. The Morgan fingerprint density at radius 1 is 1.21 bits per heavy atom. The van der Waals surface area contributed by atoms with Crippen LogP contribution in [0, 0.1) is 0 Å². The normalized spacial score (nSPS) is 23.3. The van der Waals surface area contributed by atoms with Crippen LogP contribution in [0.1, 0.15) is 24.8 Å². The van der Waals surface area contributed by atoms with Crippen LogP contribution in [0.2, 0.25) is 0 Å². The zero-order chi connectivity index (χ0) is 13.9. The van der Waals surface area contributed by atoms with Crippen LogP contribution in [0.5, 0.6) is 0 Å². The van der Waals surface area contributed by atoms with E-state index in [0.717, 1.165) is 18.4 Å². The Balaban J connectivity index is 2.08. The van der Waals surface area contributed by atoms with Gasteiger partial charge < -0.3 is 5.11 Å². The van der Waals surface area contributed by atoms with E-state index in [0.29, 0.717) is 19.5 Å². The van der Waals surface area contributed by atoms with Gasteiger partial charge >= 0.3 is 6.18 Å². The third-order valence-electron chi connectivity index (χ3n) is 3.59. The number of benzene rings is 1. The van der Waals surface area contributed by atoms with Crippen LogP contribution in [0.15, 0.2) is 30.3 Å². The summed E-state index contributed by atoms with van der Waals surface area (Å²) in [6.07, 6.45) is -4.78. The van der Waals surface area contributed by atoms with Crippen molar-refractivity contribution in [3.8, 4) is 0 Å². The van der Waals surface area contributed by atoms with Gasteiger partial charge in [-0.25, -0.2) is 0 Å². The van der Waals surface area contributed by atoms with Crippen molar-refractivity contribution >= 4 is 0 Å². The number of halogens is 3. The molecule has 1 heterocycles. The van der Waals surface area contributed by atoms with Crippen molar-refractivity contribution in [2.24, 2.45) is 0 Å². The van der Waals surface area contributed by atoms with Gasteiger partial charge in [-0.3, -0.25) is 4.90 Å². The summed E-state index contributed by atoms with van der Waals surface area (Å²) >= 11 is 0. The van der Waals surface area contributed by atoms with Gasteiger partial charge in [0, 0.05) is 12.6 Å². The predicted octanol–water partition coefficient (Wildman–Crippen LogP) is 2.96. The highest BCUT2D eigenvalue weighted by Crippen LogP contribution is 2.30. The largest absolute Gasteiger partial charge is 0.415 e. The zero-order valence-electron chi connectivity index (χ0n) is 10.6. The van der Waals surface area contributed by atoms with Crippen molar-refractivity contribution in [3.05, 3.63) is 35.9 Å². The van der Waals surface area contributed by atoms with Crippen LogP contribution in [0.4, 0.5) is 13.2 Å². The average molecular weight is 273 g/mol. The quantitative estimate of drug-likeness (QED) is 0.915. The Morgan fingerprint density at radius 3 is 2.53 bits per heavy atom. The second-order valence-corrected chi connectivity index (χ2v) is 5.01. The molecule has 2 unspecified atom stereocenters. The molecule has 1 saturated heterocycles. The van der Waals surface area contributed by atoms with E-state index in [-0.39, 0.29) is 0 Å². The predicted molar refractivity (Wildman–Crippen MR) is 66.6 cm³/mol. The van der Waals surface area contributed by atoms with Gasteiger partial charge in [0.05, 0.1) is 0 Å². The standard InChI is InChI=1S/C14H18F3NO/c15-14(16,17)13(19)12-8-4-5-9-18(12)10-11-6-2-1-3-7-11/h1-3,6-7,12-13,19H,4-5,8-10H2. The number of hydrogen-bond donors (Lipinski definition) is 1. The Kier molecular flexibility index (Phi) is 4.47. The molecule has 2 atom stereocenters. The van der Waals surface area contributed by atoms with Gasteiger partial charge in [-0.1, -0.05) is 36.8 Å². The molecule has 106 valence electrons. The molecule has 1 N–H and O–H groups in total. The Hall–Kier alpha value is -1.07. The molecule has 1 aromatic rings. The van der Waals surface area contributed by atoms with E-state index in [4.69, 9.17) is 0 Å². The number of nitrogens with zero attached hydrogens (tertiary/aromatic N) is 1. The van der Waals surface area contributed by atoms with Gasteiger partial charge in [0.25, 0.3) is 0 Å². The van der Waals surface area contributed by atoms with Crippen molar-refractivity contribution in [1.29, 1.82) is 0 Å². The highest BCUT2D eigenvalue weighted by Gasteiger charge is 2.46. The molecule has 1 fully saturated rings. The number of hydrogen-bond acceptors (Lipinski definition) is 2. The SMILES string of the molecule is OC(C1CCCCN1Cc1ccccc1)C(F)(F)F. The summed E-state index contributed by atoms with van der Waals surface area (Å²) in [5, 5.41) is 9.49. The lowest BCUT2D eigenvalue weighted by Crippen LogP contribution is -2.51. The number of piperidine rings is 1. The lowest BCUT2D eigenvalue weighted by molar-refractivity contribution is -0.225. The van der Waals surface area contributed by atoms with Crippen LogP contribution in [-0.4, -0.2) is 34.9 Å². The second kappa shape index (κ2) is 5.92. The van der Waals surface area contributed by atoms with Crippen LogP contribution >= 0.6 is 0 Å². The number of alkyl halides is 3. The molecule has 0 aliphatic carbocycles. The number of aliphatic hydroxyl groups is 1.